The van der Waals surface area contributed by atoms with Gasteiger partial charge >= 0.3 is 12.1 Å². The highest BCUT2D eigenvalue weighted by molar-refractivity contribution is 5.91. The Kier molecular flexibility index (Phi) is 6.82. The number of ether oxygens (including phenoxy) is 2. The molecule has 0 radical (unpaired) electrons. The molecule has 2 aromatic heterocycles. The van der Waals surface area contributed by atoms with Gasteiger partial charge in [0.15, 0.2) is 17.2 Å². The second-order valence-electron chi connectivity index (χ2n) is 7.89. The fourth-order valence-corrected chi connectivity index (χ4v) is 3.65. The minimum Gasteiger partial charge on any atom is -0.465 e. The molecule has 1 N–H and O–H groups in total. The highest BCUT2D eigenvalue weighted by Crippen LogP contribution is 2.33. The highest BCUT2D eigenvalue weighted by atomic mass is 19.4. The lowest BCUT2D eigenvalue weighted by Gasteiger charge is -2.14. The number of nitrogens with one attached hydrogen (secondary N) is 1. The Morgan fingerprint density at radius 3 is 2.61 bits per heavy atom. The van der Waals surface area contributed by atoms with Crippen LogP contribution in [0.2, 0.25) is 0 Å². The molecule has 188 valence electrons. The van der Waals surface area contributed by atoms with Crippen LogP contribution >= 0.6 is 0 Å². The van der Waals surface area contributed by atoms with Crippen molar-refractivity contribution in [2.45, 2.75) is 19.5 Å². The molecule has 0 saturated carbocycles. The second-order valence-corrected chi connectivity index (χ2v) is 7.89. The summed E-state index contributed by atoms with van der Waals surface area (Å²) in [4.78, 5) is 16.3. The number of pyridine rings is 1. The number of aryl methyl sites for hydroxylation is 1. The number of carbonyl (C=O) groups is 1. The lowest BCUT2D eigenvalue weighted by Crippen LogP contribution is -2.15. The first-order valence-corrected chi connectivity index (χ1v) is 10.7. The number of carbonyl (C=O) groups excluding carboxylic acids is 1. The van der Waals surface area contributed by atoms with Crippen LogP contribution in [-0.2, 0) is 4.74 Å². The van der Waals surface area contributed by atoms with Crippen LogP contribution in [0.15, 0.2) is 54.9 Å². The number of nitrogens with zero attached hydrogens (tertiary/aromatic N) is 2. The third-order valence-corrected chi connectivity index (χ3v) is 5.38. The Bertz CT molecular complexity index is 1430. The van der Waals surface area contributed by atoms with Crippen LogP contribution in [0.5, 0.6) is 11.5 Å². The zero-order valence-corrected chi connectivity index (χ0v) is 19.1. The summed E-state index contributed by atoms with van der Waals surface area (Å²) in [6.07, 6.45) is -2.50. The maximum atomic E-state index is 14.2. The molecule has 2 aromatic carbocycles. The van der Waals surface area contributed by atoms with E-state index in [4.69, 9.17) is 9.47 Å². The quantitative estimate of drug-likeness (QED) is 0.229. The van der Waals surface area contributed by atoms with E-state index in [1.54, 1.807) is 29.5 Å². The van der Waals surface area contributed by atoms with Gasteiger partial charge < -0.3 is 14.8 Å². The van der Waals surface area contributed by atoms with Crippen LogP contribution in [-0.4, -0.2) is 35.2 Å². The molecule has 36 heavy (non-hydrogen) atoms. The summed E-state index contributed by atoms with van der Waals surface area (Å²) in [6, 6.07) is 9.76. The van der Waals surface area contributed by atoms with E-state index in [9.17, 15) is 26.7 Å². The number of imidazole rings is 1. The topological polar surface area (TPSA) is 64.9 Å². The van der Waals surface area contributed by atoms with Gasteiger partial charge in [-0.1, -0.05) is 12.1 Å². The van der Waals surface area contributed by atoms with Crippen molar-refractivity contribution in [1.29, 1.82) is 0 Å². The number of rotatable bonds is 7. The fraction of sp³-hybridized carbons (Fsp3) is 0.200. The highest BCUT2D eigenvalue weighted by Gasteiger charge is 2.26. The fourth-order valence-electron chi connectivity index (χ4n) is 3.65. The predicted octanol–water partition coefficient (Wildman–Crippen LogP) is 6.53. The van der Waals surface area contributed by atoms with Crippen LogP contribution in [0.25, 0.3) is 16.9 Å². The van der Waals surface area contributed by atoms with Gasteiger partial charge in [-0.3, -0.25) is 4.40 Å². The van der Waals surface area contributed by atoms with E-state index >= 15 is 0 Å². The van der Waals surface area contributed by atoms with Crippen molar-refractivity contribution in [3.05, 3.63) is 77.6 Å². The summed E-state index contributed by atoms with van der Waals surface area (Å²) in [5.74, 6) is -3.18. The van der Waals surface area contributed by atoms with Crippen molar-refractivity contribution >= 4 is 17.3 Å². The molecule has 0 aliphatic heterocycles. The largest absolute Gasteiger partial charge is 0.465 e. The standard InChI is InChI=1S/C25H20F5N3O3/c1-14-10-15(6-7-17(14)24(34)35-2)20-12-32-23-19(31-9-8-25(28,29)30)11-16(13-33(20)23)36-21-5-3-4-18(26)22(21)27/h3-7,10-13,31H,8-9H2,1-2H3. The molecule has 0 spiro atoms. The van der Waals surface area contributed by atoms with Gasteiger partial charge in [-0.05, 0) is 36.8 Å². The van der Waals surface area contributed by atoms with E-state index in [1.165, 1.54) is 37.7 Å². The number of fused-ring (bicyclic) bond motifs is 1. The van der Waals surface area contributed by atoms with Crippen molar-refractivity contribution in [3.63, 3.8) is 0 Å². The monoisotopic (exact) mass is 505 g/mol. The number of methoxy groups -OCH3 is 1. The molecule has 0 fully saturated rings. The zero-order valence-electron chi connectivity index (χ0n) is 19.1. The number of hydrogen-bond acceptors (Lipinski definition) is 5. The maximum Gasteiger partial charge on any atom is 0.390 e. The number of halogens is 5. The zero-order chi connectivity index (χ0) is 26.0. The van der Waals surface area contributed by atoms with Gasteiger partial charge in [-0.25, -0.2) is 14.2 Å². The number of anilines is 1. The lowest BCUT2D eigenvalue weighted by molar-refractivity contribution is -0.131. The number of benzene rings is 2. The van der Waals surface area contributed by atoms with Gasteiger partial charge in [0.25, 0.3) is 0 Å². The third-order valence-electron chi connectivity index (χ3n) is 5.38. The number of alkyl halides is 3. The van der Waals surface area contributed by atoms with Gasteiger partial charge in [0, 0.05) is 18.2 Å². The number of aromatic nitrogens is 2. The average Bonchev–Trinajstić information content (AvgIpc) is 3.25. The van der Waals surface area contributed by atoms with E-state index in [-0.39, 0.29) is 17.1 Å². The Morgan fingerprint density at radius 1 is 1.14 bits per heavy atom. The second kappa shape index (κ2) is 9.84. The summed E-state index contributed by atoms with van der Waals surface area (Å²) in [7, 11) is 1.27. The molecule has 0 amide bonds. The summed E-state index contributed by atoms with van der Waals surface area (Å²) < 4.78 is 77.8. The van der Waals surface area contributed by atoms with Crippen LogP contribution in [0, 0.1) is 18.6 Å². The van der Waals surface area contributed by atoms with E-state index in [0.717, 1.165) is 6.07 Å². The van der Waals surface area contributed by atoms with Crippen molar-refractivity contribution in [2.75, 3.05) is 19.0 Å². The van der Waals surface area contributed by atoms with E-state index in [0.29, 0.717) is 22.4 Å². The van der Waals surface area contributed by atoms with Crippen molar-refractivity contribution in [2.24, 2.45) is 0 Å². The molecule has 0 bridgehead atoms. The van der Waals surface area contributed by atoms with Crippen LogP contribution in [0.3, 0.4) is 0 Å². The Balaban J connectivity index is 1.79. The van der Waals surface area contributed by atoms with Crippen LogP contribution in [0.1, 0.15) is 22.3 Å². The van der Waals surface area contributed by atoms with Crippen LogP contribution < -0.4 is 10.1 Å². The van der Waals surface area contributed by atoms with E-state index < -0.39 is 42.5 Å². The predicted molar refractivity (Wildman–Crippen MR) is 122 cm³/mol. The molecule has 0 saturated heterocycles. The molecule has 0 unspecified atom stereocenters. The lowest BCUT2D eigenvalue weighted by atomic mass is 10.0. The smallest absolute Gasteiger partial charge is 0.390 e. The molecular weight excluding hydrogens is 485 g/mol. The molecule has 0 aliphatic carbocycles. The normalized spacial score (nSPS) is 11.5. The average molecular weight is 505 g/mol. The first-order valence-electron chi connectivity index (χ1n) is 10.7. The number of esters is 1. The summed E-state index contributed by atoms with van der Waals surface area (Å²) in [5.41, 5.74) is 2.65. The van der Waals surface area contributed by atoms with Gasteiger partial charge in [-0.2, -0.15) is 17.6 Å². The Labute approximate surface area is 202 Å². The van der Waals surface area contributed by atoms with Crippen LogP contribution in [0.4, 0.5) is 27.6 Å². The van der Waals surface area contributed by atoms with Crippen molar-refractivity contribution < 1.29 is 36.2 Å². The Hall–Kier alpha value is -4.15. The molecule has 11 heteroatoms. The molecular formula is C25H20F5N3O3. The number of hydrogen-bond donors (Lipinski definition) is 1. The van der Waals surface area contributed by atoms with Gasteiger partial charge in [0.2, 0.25) is 5.82 Å². The summed E-state index contributed by atoms with van der Waals surface area (Å²) >= 11 is 0. The van der Waals surface area contributed by atoms with Gasteiger partial charge in [0.05, 0.1) is 42.9 Å². The molecule has 0 aliphatic rings. The van der Waals surface area contributed by atoms with Gasteiger partial charge in [-0.15, -0.1) is 0 Å². The van der Waals surface area contributed by atoms with E-state index in [2.05, 4.69) is 10.3 Å². The SMILES string of the molecule is COC(=O)c1ccc(-c2cnc3c(NCCC(F)(F)F)cc(Oc4cccc(F)c4F)cn23)cc1C. The van der Waals surface area contributed by atoms with Crippen molar-refractivity contribution in [3.8, 4) is 22.8 Å². The van der Waals surface area contributed by atoms with Crippen molar-refractivity contribution in [1.82, 2.24) is 9.38 Å². The van der Waals surface area contributed by atoms with Gasteiger partial charge in [0.1, 0.15) is 5.75 Å². The molecule has 2 heterocycles. The molecule has 0 atom stereocenters. The minimum absolute atomic E-state index is 0.0312. The minimum atomic E-state index is -4.37. The Morgan fingerprint density at radius 2 is 1.92 bits per heavy atom. The summed E-state index contributed by atoms with van der Waals surface area (Å²) in [5, 5.41) is 2.69. The molecule has 4 aromatic rings. The first-order chi connectivity index (χ1) is 17.1. The summed E-state index contributed by atoms with van der Waals surface area (Å²) in [6.45, 7) is 1.29. The molecule has 4 rings (SSSR count). The molecule has 6 nitrogen and oxygen atoms in total. The maximum absolute atomic E-state index is 14.2. The third kappa shape index (κ3) is 5.24. The van der Waals surface area contributed by atoms with E-state index in [1.807, 2.05) is 0 Å². The first kappa shape index (κ1) is 25.0.